The summed E-state index contributed by atoms with van der Waals surface area (Å²) >= 11 is 0. The second-order valence-corrected chi connectivity index (χ2v) is 41.3. The van der Waals surface area contributed by atoms with Crippen LogP contribution in [0.1, 0.15) is 676 Å². The zero-order valence-electron chi connectivity index (χ0n) is 89.7. The molecule has 0 aromatic heterocycles. The zero-order chi connectivity index (χ0) is 93.2. The lowest BCUT2D eigenvalue weighted by Gasteiger charge is -2.19. The first-order valence-electron chi connectivity index (χ1n) is 60.2. The second kappa shape index (κ2) is 108. The Morgan fingerprint density at radius 2 is 0.246 bits per heavy atom. The Kier molecular flexibility index (Phi) is 104. The molecule has 2 aromatic carbocycles. The summed E-state index contributed by atoms with van der Waals surface area (Å²) in [6.45, 7) is 20.4. The first-order chi connectivity index (χ1) is 64.5. The van der Waals surface area contributed by atoms with Crippen LogP contribution in [-0.2, 0) is 13.0 Å². The smallest absolute Gasteiger partial charge is 0.203 e. The molecule has 0 saturated heterocycles. The van der Waals surface area contributed by atoms with Gasteiger partial charge in [0.15, 0.2) is 23.0 Å². The van der Waals surface area contributed by atoms with E-state index in [0.29, 0.717) is 19.8 Å². The maximum absolute atomic E-state index is 10.2. The summed E-state index contributed by atoms with van der Waals surface area (Å²) in [7, 11) is 0. The first kappa shape index (κ1) is 125. The molecule has 2 aromatic rings. The lowest BCUT2D eigenvalue weighted by Crippen LogP contribution is -2.07. The molecular formula is C123H234O7. The van der Waals surface area contributed by atoms with Crippen molar-refractivity contribution in [3.05, 3.63) is 35.4 Å². The Hall–Kier alpha value is -2.80. The number of benzene rings is 2. The third-order valence-electron chi connectivity index (χ3n) is 28.3. The predicted octanol–water partition coefficient (Wildman–Crippen LogP) is 43.3. The number of aliphatic hydroxyl groups excluding tert-OH is 1. The Morgan fingerprint density at radius 1 is 0.138 bits per heavy atom. The van der Waals surface area contributed by atoms with E-state index in [2.05, 4.69) is 60.6 Å². The lowest BCUT2D eigenvalue weighted by atomic mass is 10.0. The largest absolute Gasteiger partial charge is 0.490 e. The Bertz CT molecular complexity index is 2160. The molecule has 0 fully saturated rings. The highest BCUT2D eigenvalue weighted by molar-refractivity contribution is 5.55. The van der Waals surface area contributed by atoms with Crippen LogP contribution >= 0.6 is 0 Å². The highest BCUT2D eigenvalue weighted by Crippen LogP contribution is 2.42. The van der Waals surface area contributed by atoms with Gasteiger partial charge in [0.25, 0.3) is 0 Å². The summed E-state index contributed by atoms with van der Waals surface area (Å²) in [6.07, 6.45) is 133. The van der Waals surface area contributed by atoms with Gasteiger partial charge in [-0.15, -0.1) is 0 Å². The fourth-order valence-electron chi connectivity index (χ4n) is 19.2. The lowest BCUT2D eigenvalue weighted by molar-refractivity contribution is 0.231. The minimum atomic E-state index is -0.0236. The van der Waals surface area contributed by atoms with Gasteiger partial charge < -0.3 is 33.5 Å². The first-order valence-corrected chi connectivity index (χ1v) is 60.2. The number of hydrogen-bond donors (Lipinski definition) is 1. The van der Waals surface area contributed by atoms with E-state index >= 15 is 0 Å². The van der Waals surface area contributed by atoms with Gasteiger partial charge >= 0.3 is 0 Å². The molecule has 0 aliphatic rings. The summed E-state index contributed by atoms with van der Waals surface area (Å²) < 4.78 is 39.1. The molecule has 0 atom stereocenters. The van der Waals surface area contributed by atoms with Crippen LogP contribution in [0.4, 0.5) is 0 Å². The van der Waals surface area contributed by atoms with Crippen molar-refractivity contribution in [1.29, 1.82) is 0 Å². The van der Waals surface area contributed by atoms with Crippen LogP contribution in [-0.4, -0.2) is 44.7 Å². The predicted molar refractivity (Wildman–Crippen MR) is 578 cm³/mol. The van der Waals surface area contributed by atoms with Crippen LogP contribution in [0, 0.1) is 0 Å². The molecule has 2 rings (SSSR count). The molecule has 0 saturated carbocycles. The fraction of sp³-hybridized carbons (Fsp3) is 0.902. The van der Waals surface area contributed by atoms with E-state index < -0.39 is 0 Å². The third-order valence-corrected chi connectivity index (χ3v) is 28.3. The van der Waals surface area contributed by atoms with Gasteiger partial charge in [0.2, 0.25) is 11.5 Å². The molecule has 0 radical (unpaired) electrons. The number of aryl methyl sites for hydroxylation is 1. The summed E-state index contributed by atoms with van der Waals surface area (Å²) in [4.78, 5) is 0. The van der Waals surface area contributed by atoms with Gasteiger partial charge in [0.05, 0.1) is 46.2 Å². The Balaban J connectivity index is 0.00000130. The van der Waals surface area contributed by atoms with Crippen LogP contribution in [0.3, 0.4) is 0 Å². The summed E-state index contributed by atoms with van der Waals surface area (Å²) in [6, 6.07) is 8.43. The zero-order valence-corrected chi connectivity index (χ0v) is 89.7. The number of unbranched alkanes of at least 4 members (excludes halogenated alkanes) is 90. The van der Waals surface area contributed by atoms with Gasteiger partial charge in [0, 0.05) is 0 Å². The van der Waals surface area contributed by atoms with Crippen molar-refractivity contribution in [3.63, 3.8) is 0 Å². The van der Waals surface area contributed by atoms with Gasteiger partial charge in [-0.05, 0) is 80.3 Å². The average molecular weight is 1830 g/mol. The summed E-state index contributed by atoms with van der Waals surface area (Å²) in [5.74, 6) is 4.91. The Morgan fingerprint density at radius 3 is 0.362 bits per heavy atom. The molecule has 0 amide bonds. The van der Waals surface area contributed by atoms with E-state index in [1.54, 1.807) is 0 Å². The number of ether oxygens (including phenoxy) is 6. The van der Waals surface area contributed by atoms with Gasteiger partial charge in [-0.3, -0.25) is 0 Å². The van der Waals surface area contributed by atoms with Gasteiger partial charge in [0.1, 0.15) is 0 Å². The number of rotatable bonds is 110. The summed E-state index contributed by atoms with van der Waals surface area (Å²) in [5.41, 5.74) is 2.12. The Labute approximate surface area is 815 Å². The molecule has 7 heteroatoms. The van der Waals surface area contributed by atoms with Crippen molar-refractivity contribution in [2.75, 3.05) is 39.6 Å². The molecule has 0 aliphatic carbocycles. The molecule has 1 N–H and O–H groups in total. The maximum Gasteiger partial charge on any atom is 0.203 e. The molecule has 0 unspecified atom stereocenters. The van der Waals surface area contributed by atoms with Crippen molar-refractivity contribution in [3.8, 4) is 34.5 Å². The highest BCUT2D eigenvalue weighted by Gasteiger charge is 2.19. The third kappa shape index (κ3) is 89.1. The van der Waals surface area contributed by atoms with Gasteiger partial charge in [-0.25, -0.2) is 0 Å². The average Bonchev–Trinajstić information content (AvgIpc) is 0.831. The van der Waals surface area contributed by atoms with Gasteiger partial charge in [-0.1, -0.05) is 626 Å². The molecule has 0 bridgehead atoms. The standard InChI is InChI=1S/C62H118O3.C61H116O4/c1-5-9-12-15-18-21-24-27-30-33-36-39-42-45-48-51-54-63-60-57-59(8-4)58-61(64-55-52-49-46-43-40-37-34-31-28-25-22-19-16-13-10-6-2)62(60)65-56-53-50-47-44-41-38-35-32-29-26-23-20-17-14-11-7-3;1-4-7-10-13-16-19-22-25-28-31-34-37-40-43-46-49-52-63-59-55-58(57-62)56-60(64-53-50-47-44-41-38-35-32-29-26-23-20-17-14-11-8-5-2)61(59)65-54-51-48-45-42-39-36-33-30-27-24-21-18-15-12-9-6-3/h57-58H,5-56H2,1-4H3;55-56,62H,4-54,57H2,1-3H3. The normalized spacial score (nSPS) is 11.5. The van der Waals surface area contributed by atoms with E-state index in [1.165, 1.54) is 583 Å². The van der Waals surface area contributed by atoms with E-state index in [1.807, 2.05) is 12.1 Å². The van der Waals surface area contributed by atoms with Crippen LogP contribution < -0.4 is 28.4 Å². The molecule has 7 nitrogen and oxygen atoms in total. The van der Waals surface area contributed by atoms with E-state index in [4.69, 9.17) is 28.4 Å². The van der Waals surface area contributed by atoms with Gasteiger partial charge in [-0.2, -0.15) is 0 Å². The van der Waals surface area contributed by atoms with E-state index in [9.17, 15) is 5.11 Å². The SMILES string of the molecule is CCCCCCCCCCCCCCCCCCOc1cc(CC)cc(OCCCCCCCCCCCCCCCCCC)c1OCCCCCCCCCCCCCCCCCC.CCCCCCCCCCCCCCCCCCOc1cc(CO)cc(OCCCCCCCCCCCCCCCCCC)c1OCCCCCCCCCCCCCCCCCC. The topological polar surface area (TPSA) is 75.6 Å². The monoisotopic (exact) mass is 1820 g/mol. The van der Waals surface area contributed by atoms with E-state index in [-0.39, 0.29) is 6.61 Å². The van der Waals surface area contributed by atoms with E-state index in [0.717, 1.165) is 105 Å². The summed E-state index contributed by atoms with van der Waals surface area (Å²) in [5, 5.41) is 10.2. The number of hydrogen-bond acceptors (Lipinski definition) is 7. The van der Waals surface area contributed by atoms with Crippen molar-refractivity contribution in [1.82, 2.24) is 0 Å². The van der Waals surface area contributed by atoms with Crippen molar-refractivity contribution >= 4 is 0 Å². The molecular weight excluding hydrogens is 1590 g/mol. The quantitative estimate of drug-likeness (QED) is 0.0661. The van der Waals surface area contributed by atoms with Crippen LogP contribution in [0.2, 0.25) is 0 Å². The molecule has 130 heavy (non-hydrogen) atoms. The number of aliphatic hydroxyl groups is 1. The highest BCUT2D eigenvalue weighted by atomic mass is 16.5. The van der Waals surface area contributed by atoms with Crippen molar-refractivity contribution in [2.24, 2.45) is 0 Å². The van der Waals surface area contributed by atoms with Crippen molar-refractivity contribution in [2.45, 2.75) is 678 Å². The fourth-order valence-corrected chi connectivity index (χ4v) is 19.2. The molecule has 0 aliphatic heterocycles. The molecule has 0 heterocycles. The second-order valence-electron chi connectivity index (χ2n) is 41.3. The van der Waals surface area contributed by atoms with Crippen LogP contribution in [0.5, 0.6) is 34.5 Å². The van der Waals surface area contributed by atoms with Crippen LogP contribution in [0.15, 0.2) is 24.3 Å². The van der Waals surface area contributed by atoms with Crippen LogP contribution in [0.25, 0.3) is 0 Å². The minimum absolute atomic E-state index is 0.0236. The maximum atomic E-state index is 10.2. The molecule has 0 spiro atoms. The molecule has 768 valence electrons. The minimum Gasteiger partial charge on any atom is -0.490 e. The van der Waals surface area contributed by atoms with Crippen molar-refractivity contribution < 1.29 is 33.5 Å².